The molecule has 0 heterocycles. The molecule has 0 unspecified atom stereocenters. The lowest BCUT2D eigenvalue weighted by molar-refractivity contribution is 0.306. The summed E-state index contributed by atoms with van der Waals surface area (Å²) in [7, 11) is 1.49. The average molecular weight is 255 g/mol. The fraction of sp³-hybridized carbons (Fsp3) is 0.188. The Morgan fingerprint density at radius 3 is 2.47 bits per heavy atom. The van der Waals surface area contributed by atoms with E-state index in [0.29, 0.717) is 6.61 Å². The van der Waals surface area contributed by atoms with Gasteiger partial charge in [-0.15, -0.1) is 0 Å². The van der Waals surface area contributed by atoms with E-state index >= 15 is 0 Å². The first kappa shape index (κ1) is 13.1. The molecule has 2 aromatic rings. The summed E-state index contributed by atoms with van der Waals surface area (Å²) in [5.41, 5.74) is 3.11. The van der Waals surface area contributed by atoms with Crippen LogP contribution in [0.4, 0.5) is 0 Å². The molecular formula is C16H17NO2. The lowest BCUT2D eigenvalue weighted by Gasteiger charge is -2.08. The van der Waals surface area contributed by atoms with Crippen LogP contribution < -0.4 is 4.74 Å². The van der Waals surface area contributed by atoms with Gasteiger partial charge >= 0.3 is 0 Å². The van der Waals surface area contributed by atoms with Gasteiger partial charge in [0.25, 0.3) is 0 Å². The Balaban J connectivity index is 1.98. The van der Waals surface area contributed by atoms with Crippen molar-refractivity contribution in [1.82, 2.24) is 0 Å². The lowest BCUT2D eigenvalue weighted by atomic mass is 10.1. The third-order valence-electron chi connectivity index (χ3n) is 2.81. The maximum atomic E-state index is 7.55. The predicted octanol–water partition coefficient (Wildman–Crippen LogP) is 3.55. The van der Waals surface area contributed by atoms with Crippen LogP contribution in [-0.2, 0) is 11.3 Å². The number of hydrogen-bond donors (Lipinski definition) is 1. The van der Waals surface area contributed by atoms with Crippen LogP contribution >= 0.6 is 0 Å². The van der Waals surface area contributed by atoms with Crippen LogP contribution in [0, 0.1) is 12.3 Å². The molecule has 98 valence electrons. The topological polar surface area (TPSA) is 42.3 Å². The number of ether oxygens (including phenoxy) is 2. The monoisotopic (exact) mass is 255 g/mol. The number of hydrogen-bond acceptors (Lipinski definition) is 3. The largest absolute Gasteiger partial charge is 0.489 e. The molecule has 0 aliphatic heterocycles. The maximum absolute atomic E-state index is 7.55. The second-order valence-electron chi connectivity index (χ2n) is 4.34. The van der Waals surface area contributed by atoms with Crippen molar-refractivity contribution in [3.05, 3.63) is 65.2 Å². The van der Waals surface area contributed by atoms with Crippen LogP contribution in [-0.4, -0.2) is 13.0 Å². The van der Waals surface area contributed by atoms with E-state index in [0.717, 1.165) is 16.9 Å². The van der Waals surface area contributed by atoms with Gasteiger partial charge in [-0.1, -0.05) is 29.8 Å². The van der Waals surface area contributed by atoms with Crippen LogP contribution in [0.1, 0.15) is 16.7 Å². The number of nitrogens with one attached hydrogen (secondary N) is 1. The van der Waals surface area contributed by atoms with E-state index in [1.165, 1.54) is 12.7 Å². The second-order valence-corrected chi connectivity index (χ2v) is 4.34. The zero-order valence-electron chi connectivity index (χ0n) is 11.1. The Bertz CT molecular complexity index is 561. The third kappa shape index (κ3) is 3.58. The van der Waals surface area contributed by atoms with Crippen molar-refractivity contribution in [3.8, 4) is 5.75 Å². The summed E-state index contributed by atoms with van der Waals surface area (Å²) in [4.78, 5) is 0. The van der Waals surface area contributed by atoms with Gasteiger partial charge in [0, 0.05) is 5.56 Å². The van der Waals surface area contributed by atoms with Gasteiger partial charge in [0.05, 0.1) is 7.11 Å². The first-order valence-electron chi connectivity index (χ1n) is 6.10. The summed E-state index contributed by atoms with van der Waals surface area (Å²) < 4.78 is 10.6. The first-order valence-corrected chi connectivity index (χ1v) is 6.10. The molecule has 0 fully saturated rings. The van der Waals surface area contributed by atoms with Crippen LogP contribution in [0.15, 0.2) is 48.5 Å². The molecule has 3 heteroatoms. The minimum atomic E-state index is 0.158. The summed E-state index contributed by atoms with van der Waals surface area (Å²) in [6, 6.07) is 15.6. The highest BCUT2D eigenvalue weighted by atomic mass is 16.5. The molecule has 0 radical (unpaired) electrons. The van der Waals surface area contributed by atoms with E-state index < -0.39 is 0 Å². The van der Waals surface area contributed by atoms with Crippen molar-refractivity contribution >= 4 is 5.90 Å². The molecule has 0 saturated carbocycles. The molecule has 0 amide bonds. The molecule has 0 saturated heterocycles. The van der Waals surface area contributed by atoms with Gasteiger partial charge in [-0.05, 0) is 36.8 Å². The predicted molar refractivity (Wildman–Crippen MR) is 75.8 cm³/mol. The van der Waals surface area contributed by atoms with Crippen molar-refractivity contribution in [3.63, 3.8) is 0 Å². The van der Waals surface area contributed by atoms with Gasteiger partial charge in [-0.2, -0.15) is 0 Å². The fourth-order valence-corrected chi connectivity index (χ4v) is 1.79. The van der Waals surface area contributed by atoms with Gasteiger partial charge in [0.15, 0.2) is 0 Å². The molecule has 19 heavy (non-hydrogen) atoms. The summed E-state index contributed by atoms with van der Waals surface area (Å²) in [5, 5.41) is 7.55. The second kappa shape index (κ2) is 6.05. The summed E-state index contributed by atoms with van der Waals surface area (Å²) >= 11 is 0. The number of aryl methyl sites for hydroxylation is 1. The average Bonchev–Trinajstić information content (AvgIpc) is 2.45. The van der Waals surface area contributed by atoms with E-state index in [1.54, 1.807) is 0 Å². The van der Waals surface area contributed by atoms with E-state index in [4.69, 9.17) is 14.9 Å². The Hall–Kier alpha value is -2.29. The van der Waals surface area contributed by atoms with Gasteiger partial charge in [0.1, 0.15) is 12.4 Å². The SMILES string of the molecule is COC(=N)c1ccc(OCc2cccc(C)c2)cc1. The van der Waals surface area contributed by atoms with Crippen LogP contribution in [0.5, 0.6) is 5.75 Å². The molecule has 2 rings (SSSR count). The molecule has 1 N–H and O–H groups in total. The van der Waals surface area contributed by atoms with E-state index in [9.17, 15) is 0 Å². The van der Waals surface area contributed by atoms with Gasteiger partial charge in [0.2, 0.25) is 5.90 Å². The number of rotatable bonds is 4. The molecule has 0 atom stereocenters. The minimum Gasteiger partial charge on any atom is -0.489 e. The highest BCUT2D eigenvalue weighted by Gasteiger charge is 2.01. The standard InChI is InChI=1S/C16H17NO2/c1-12-4-3-5-13(10-12)11-19-15-8-6-14(7-9-15)16(17)18-2/h3-10,17H,11H2,1-2H3. The molecule has 3 nitrogen and oxygen atoms in total. The Morgan fingerprint density at radius 2 is 1.84 bits per heavy atom. The Labute approximate surface area is 113 Å². The van der Waals surface area contributed by atoms with Crippen LogP contribution in [0.2, 0.25) is 0 Å². The normalized spacial score (nSPS) is 10.0. The number of methoxy groups -OCH3 is 1. The Kier molecular flexibility index (Phi) is 4.18. The van der Waals surface area contributed by atoms with E-state index in [2.05, 4.69) is 19.1 Å². The van der Waals surface area contributed by atoms with Crippen molar-refractivity contribution in [2.24, 2.45) is 0 Å². The molecule has 0 bridgehead atoms. The quantitative estimate of drug-likeness (QED) is 0.670. The molecule has 0 aliphatic carbocycles. The zero-order valence-corrected chi connectivity index (χ0v) is 11.1. The third-order valence-corrected chi connectivity index (χ3v) is 2.81. The van der Waals surface area contributed by atoms with E-state index in [-0.39, 0.29) is 5.90 Å². The first-order chi connectivity index (χ1) is 9.19. The fourth-order valence-electron chi connectivity index (χ4n) is 1.79. The zero-order chi connectivity index (χ0) is 13.7. The molecule has 2 aromatic carbocycles. The maximum Gasteiger partial charge on any atom is 0.212 e. The molecular weight excluding hydrogens is 238 g/mol. The highest BCUT2D eigenvalue weighted by molar-refractivity contribution is 5.91. The smallest absolute Gasteiger partial charge is 0.212 e. The summed E-state index contributed by atoms with van der Waals surface area (Å²) in [5.74, 6) is 0.944. The lowest BCUT2D eigenvalue weighted by Crippen LogP contribution is -2.01. The van der Waals surface area contributed by atoms with Crippen molar-refractivity contribution in [2.75, 3.05) is 7.11 Å². The van der Waals surface area contributed by atoms with Crippen molar-refractivity contribution < 1.29 is 9.47 Å². The Morgan fingerprint density at radius 1 is 1.11 bits per heavy atom. The minimum absolute atomic E-state index is 0.158. The van der Waals surface area contributed by atoms with Crippen molar-refractivity contribution in [1.29, 1.82) is 5.41 Å². The van der Waals surface area contributed by atoms with Crippen LogP contribution in [0.25, 0.3) is 0 Å². The molecule has 0 aromatic heterocycles. The van der Waals surface area contributed by atoms with Crippen molar-refractivity contribution in [2.45, 2.75) is 13.5 Å². The van der Waals surface area contributed by atoms with Gasteiger partial charge in [-0.25, -0.2) is 0 Å². The summed E-state index contributed by atoms with van der Waals surface area (Å²) in [6.07, 6.45) is 0. The van der Waals surface area contributed by atoms with Gasteiger partial charge < -0.3 is 9.47 Å². The number of benzene rings is 2. The van der Waals surface area contributed by atoms with Crippen LogP contribution in [0.3, 0.4) is 0 Å². The summed E-state index contributed by atoms with van der Waals surface area (Å²) in [6.45, 7) is 2.61. The van der Waals surface area contributed by atoms with Gasteiger partial charge in [-0.3, -0.25) is 5.41 Å². The highest BCUT2D eigenvalue weighted by Crippen LogP contribution is 2.15. The molecule has 0 spiro atoms. The van der Waals surface area contributed by atoms with E-state index in [1.807, 2.05) is 36.4 Å². The molecule has 0 aliphatic rings.